The van der Waals surface area contributed by atoms with Crippen LogP contribution >= 0.6 is 11.3 Å². The minimum Gasteiger partial charge on any atom is -0.507 e. The number of carbonyl (C=O) groups excluding carboxylic acids is 2. The lowest BCUT2D eigenvalue weighted by atomic mass is 9.85. The largest absolute Gasteiger partial charge is 0.507 e. The minimum absolute atomic E-state index is 0.0131. The summed E-state index contributed by atoms with van der Waals surface area (Å²) in [5, 5.41) is 13.4. The van der Waals surface area contributed by atoms with Gasteiger partial charge in [0.2, 0.25) is 0 Å². The zero-order valence-corrected chi connectivity index (χ0v) is 20.7. The summed E-state index contributed by atoms with van der Waals surface area (Å²) in [5.74, 6) is -1.01. The molecule has 1 aliphatic heterocycles. The van der Waals surface area contributed by atoms with E-state index in [9.17, 15) is 14.7 Å². The van der Waals surface area contributed by atoms with E-state index in [-0.39, 0.29) is 22.9 Å². The molecule has 7 heteroatoms. The van der Waals surface area contributed by atoms with Crippen molar-refractivity contribution in [1.82, 2.24) is 4.98 Å². The summed E-state index contributed by atoms with van der Waals surface area (Å²) in [7, 11) is 0. The van der Waals surface area contributed by atoms with Gasteiger partial charge in [-0.25, -0.2) is 4.98 Å². The number of Topliss-reactive ketones (excluding diaryl/α,β-unsaturated/α-hetero) is 1. The zero-order valence-electron chi connectivity index (χ0n) is 19.9. The van der Waals surface area contributed by atoms with Gasteiger partial charge in [0.1, 0.15) is 11.5 Å². The molecule has 0 bridgehead atoms. The lowest BCUT2D eigenvalue weighted by molar-refractivity contribution is -0.132. The van der Waals surface area contributed by atoms with Crippen LogP contribution in [-0.2, 0) is 15.0 Å². The molecule has 3 aromatic rings. The quantitative estimate of drug-likeness (QED) is 0.284. The first-order valence-electron chi connectivity index (χ1n) is 11.2. The maximum absolute atomic E-state index is 13.2. The van der Waals surface area contributed by atoms with Crippen molar-refractivity contribution in [1.29, 1.82) is 0 Å². The first-order chi connectivity index (χ1) is 16.1. The Balaban J connectivity index is 1.84. The van der Waals surface area contributed by atoms with Gasteiger partial charge in [0.25, 0.3) is 5.78 Å². The Bertz CT molecular complexity index is 1220. The molecule has 1 amide bonds. The van der Waals surface area contributed by atoms with Gasteiger partial charge in [0.05, 0.1) is 17.7 Å². The molecule has 176 valence electrons. The average Bonchev–Trinajstić information content (AvgIpc) is 3.40. The molecule has 1 aromatic heterocycles. The predicted octanol–water partition coefficient (Wildman–Crippen LogP) is 5.85. The molecule has 34 heavy (non-hydrogen) atoms. The molecular formula is C27H28N2O4S. The van der Waals surface area contributed by atoms with Crippen LogP contribution < -0.4 is 9.64 Å². The minimum atomic E-state index is -0.785. The summed E-state index contributed by atoms with van der Waals surface area (Å²) in [6, 6.07) is 13.9. The number of hydrogen-bond acceptors (Lipinski definition) is 6. The van der Waals surface area contributed by atoms with Gasteiger partial charge >= 0.3 is 5.91 Å². The standard InChI is InChI=1S/C27H28N2O4S/c1-16(2)33-20-12-8-18(9-13-20)23(30)21-22(17-6-10-19(11-7-17)27(3,4)5)29(25(32)24(21)31)26-28-14-15-34-26/h6-16,22,30H,1-5H3/b23-21+/t22-/m0/s1. The fraction of sp³-hybridized carbons (Fsp3) is 0.296. The second-order valence-electron chi connectivity index (χ2n) is 9.55. The maximum Gasteiger partial charge on any atom is 0.301 e. The molecule has 6 nitrogen and oxygen atoms in total. The molecule has 0 aliphatic carbocycles. The first-order valence-corrected chi connectivity index (χ1v) is 12.0. The molecule has 2 aromatic carbocycles. The third-order valence-electron chi connectivity index (χ3n) is 5.66. The van der Waals surface area contributed by atoms with E-state index in [1.807, 2.05) is 38.1 Å². The molecule has 4 rings (SSSR count). The molecule has 0 spiro atoms. The van der Waals surface area contributed by atoms with Crippen LogP contribution in [-0.4, -0.2) is 27.9 Å². The van der Waals surface area contributed by atoms with Crippen molar-refractivity contribution in [3.8, 4) is 5.75 Å². The van der Waals surface area contributed by atoms with E-state index in [2.05, 4.69) is 25.8 Å². The summed E-state index contributed by atoms with van der Waals surface area (Å²) < 4.78 is 5.67. The number of ether oxygens (including phenoxy) is 1. The van der Waals surface area contributed by atoms with Gasteiger partial charge in [0, 0.05) is 17.1 Å². The van der Waals surface area contributed by atoms with Crippen molar-refractivity contribution in [2.75, 3.05) is 4.90 Å². The number of anilines is 1. The Morgan fingerprint density at radius 3 is 2.24 bits per heavy atom. The lowest BCUT2D eigenvalue weighted by Gasteiger charge is -2.24. The number of carbonyl (C=O) groups is 2. The monoisotopic (exact) mass is 476 g/mol. The van der Waals surface area contributed by atoms with Gasteiger partial charge in [-0.3, -0.25) is 14.5 Å². The van der Waals surface area contributed by atoms with Crippen molar-refractivity contribution in [2.24, 2.45) is 0 Å². The summed E-state index contributed by atoms with van der Waals surface area (Å²) in [5.41, 5.74) is 2.29. The molecule has 1 atom stereocenters. The Hall–Kier alpha value is -3.45. The van der Waals surface area contributed by atoms with Gasteiger partial charge in [-0.1, -0.05) is 45.0 Å². The highest BCUT2D eigenvalue weighted by atomic mass is 32.1. The topological polar surface area (TPSA) is 79.7 Å². The number of nitrogens with zero attached hydrogens (tertiary/aromatic N) is 2. The summed E-state index contributed by atoms with van der Waals surface area (Å²) >= 11 is 1.27. The number of hydrogen-bond donors (Lipinski definition) is 1. The van der Waals surface area contributed by atoms with Crippen molar-refractivity contribution in [3.63, 3.8) is 0 Å². The van der Waals surface area contributed by atoms with Crippen LogP contribution in [0.3, 0.4) is 0 Å². The molecular weight excluding hydrogens is 448 g/mol. The van der Waals surface area contributed by atoms with Gasteiger partial charge in [0.15, 0.2) is 5.13 Å². The van der Waals surface area contributed by atoms with Crippen molar-refractivity contribution in [2.45, 2.75) is 52.2 Å². The second-order valence-corrected chi connectivity index (χ2v) is 10.4. The van der Waals surface area contributed by atoms with Crippen LogP contribution in [0.5, 0.6) is 5.75 Å². The maximum atomic E-state index is 13.2. The van der Waals surface area contributed by atoms with Crippen LogP contribution in [0.1, 0.15) is 57.4 Å². The van der Waals surface area contributed by atoms with Crippen molar-refractivity contribution < 1.29 is 19.4 Å². The number of amides is 1. The van der Waals surface area contributed by atoms with E-state index in [1.165, 1.54) is 16.2 Å². The SMILES string of the molecule is CC(C)Oc1ccc(/C(O)=C2\C(=O)C(=O)N(c3nccs3)[C@H]2c2ccc(C(C)(C)C)cc2)cc1. The number of rotatable bonds is 5. The smallest absolute Gasteiger partial charge is 0.301 e. The van der Waals surface area contributed by atoms with Gasteiger partial charge < -0.3 is 9.84 Å². The summed E-state index contributed by atoms with van der Waals surface area (Å²) in [6.07, 6.45) is 1.60. The molecule has 0 saturated carbocycles. The fourth-order valence-electron chi connectivity index (χ4n) is 3.96. The van der Waals surface area contributed by atoms with E-state index in [4.69, 9.17) is 4.74 Å². The highest BCUT2D eigenvalue weighted by Crippen LogP contribution is 2.43. The molecule has 1 fully saturated rings. The molecule has 0 unspecified atom stereocenters. The molecule has 2 heterocycles. The third-order valence-corrected chi connectivity index (χ3v) is 6.43. The Labute approximate surface area is 203 Å². The normalized spacial score (nSPS) is 18.1. The number of aliphatic hydroxyl groups is 1. The van der Waals surface area contributed by atoms with E-state index in [0.29, 0.717) is 16.4 Å². The van der Waals surface area contributed by atoms with Crippen LogP contribution in [0, 0.1) is 0 Å². The highest BCUT2D eigenvalue weighted by Gasteiger charge is 2.48. The van der Waals surface area contributed by atoms with E-state index < -0.39 is 17.7 Å². The van der Waals surface area contributed by atoms with Crippen LogP contribution in [0.15, 0.2) is 65.7 Å². The van der Waals surface area contributed by atoms with Crippen LogP contribution in [0.2, 0.25) is 0 Å². The summed E-state index contributed by atoms with van der Waals surface area (Å²) in [6.45, 7) is 10.2. The second kappa shape index (κ2) is 9.06. The van der Waals surface area contributed by atoms with Gasteiger partial charge in [-0.05, 0) is 54.7 Å². The highest BCUT2D eigenvalue weighted by molar-refractivity contribution is 7.14. The first kappa shape index (κ1) is 23.7. The fourth-order valence-corrected chi connectivity index (χ4v) is 4.63. The van der Waals surface area contributed by atoms with E-state index >= 15 is 0 Å². The van der Waals surface area contributed by atoms with Crippen LogP contribution in [0.4, 0.5) is 5.13 Å². The van der Waals surface area contributed by atoms with E-state index in [1.54, 1.807) is 35.8 Å². The number of benzene rings is 2. The van der Waals surface area contributed by atoms with E-state index in [0.717, 1.165) is 11.1 Å². The lowest BCUT2D eigenvalue weighted by Crippen LogP contribution is -2.29. The molecule has 1 saturated heterocycles. The predicted molar refractivity (Wildman–Crippen MR) is 134 cm³/mol. The number of aromatic nitrogens is 1. The third kappa shape index (κ3) is 4.48. The molecule has 1 N–H and O–H groups in total. The molecule has 0 radical (unpaired) electrons. The Morgan fingerprint density at radius 2 is 1.71 bits per heavy atom. The van der Waals surface area contributed by atoms with Crippen molar-refractivity contribution >= 4 is 33.9 Å². The number of aliphatic hydroxyl groups excluding tert-OH is 1. The average molecular weight is 477 g/mol. The van der Waals surface area contributed by atoms with Gasteiger partial charge in [-0.15, -0.1) is 11.3 Å². The number of ketones is 1. The van der Waals surface area contributed by atoms with Gasteiger partial charge in [-0.2, -0.15) is 0 Å². The zero-order chi connectivity index (χ0) is 24.6. The molecule has 1 aliphatic rings. The number of thiazole rings is 1. The van der Waals surface area contributed by atoms with Crippen LogP contribution in [0.25, 0.3) is 5.76 Å². The Kier molecular flexibility index (Phi) is 6.32. The summed E-state index contributed by atoms with van der Waals surface area (Å²) in [4.78, 5) is 32.0. The Morgan fingerprint density at radius 1 is 1.06 bits per heavy atom. The van der Waals surface area contributed by atoms with Crippen molar-refractivity contribution in [3.05, 3.63) is 82.4 Å².